The van der Waals surface area contributed by atoms with E-state index in [1.807, 2.05) is 18.7 Å². The summed E-state index contributed by atoms with van der Waals surface area (Å²) in [5.74, 6) is 0.903. The third kappa shape index (κ3) is 4.51. The first-order valence-corrected chi connectivity index (χ1v) is 8.53. The van der Waals surface area contributed by atoms with E-state index in [1.165, 1.54) is 24.2 Å². The highest BCUT2D eigenvalue weighted by molar-refractivity contribution is 8.01. The fraction of sp³-hybridized carbons (Fsp3) is 0.643. The minimum Gasteiger partial charge on any atom is -0.468 e. The molecule has 1 fully saturated rings. The maximum Gasteiger partial charge on any atom is 0.325 e. The largest absolute Gasteiger partial charge is 0.468 e. The van der Waals surface area contributed by atoms with Crippen molar-refractivity contribution in [1.29, 1.82) is 0 Å². The van der Waals surface area contributed by atoms with Gasteiger partial charge < -0.3 is 4.74 Å². The van der Waals surface area contributed by atoms with E-state index >= 15 is 0 Å². The molecule has 0 saturated heterocycles. The van der Waals surface area contributed by atoms with E-state index in [2.05, 4.69) is 22.8 Å². The zero-order valence-electron chi connectivity index (χ0n) is 11.5. The van der Waals surface area contributed by atoms with Gasteiger partial charge in [-0.1, -0.05) is 6.07 Å². The zero-order valence-corrected chi connectivity index (χ0v) is 13.1. The highest BCUT2D eigenvalue weighted by atomic mass is 32.2. The first-order chi connectivity index (χ1) is 9.14. The van der Waals surface area contributed by atoms with Crippen LogP contribution in [0.2, 0.25) is 0 Å². The lowest BCUT2D eigenvalue weighted by atomic mass is 9.96. The summed E-state index contributed by atoms with van der Waals surface area (Å²) in [7, 11) is 1.47. The molecule has 0 bridgehead atoms. The molecule has 2 rings (SSSR count). The summed E-state index contributed by atoms with van der Waals surface area (Å²) in [4.78, 5) is 11.9. The summed E-state index contributed by atoms with van der Waals surface area (Å²) in [5.41, 5.74) is -0.522. The monoisotopic (exact) mass is 299 g/mol. The van der Waals surface area contributed by atoms with Crippen molar-refractivity contribution in [1.82, 2.24) is 5.32 Å². The van der Waals surface area contributed by atoms with E-state index < -0.39 is 5.54 Å². The maximum absolute atomic E-state index is 11.9. The molecular weight excluding hydrogens is 278 g/mol. The topological polar surface area (TPSA) is 38.3 Å². The number of ether oxygens (including phenoxy) is 1. The Morgan fingerprint density at radius 3 is 3.00 bits per heavy atom. The molecule has 19 heavy (non-hydrogen) atoms. The fourth-order valence-electron chi connectivity index (χ4n) is 2.08. The van der Waals surface area contributed by atoms with Crippen LogP contribution in [0.3, 0.4) is 0 Å². The predicted molar refractivity (Wildman–Crippen MR) is 80.9 cm³/mol. The third-order valence-corrected chi connectivity index (χ3v) is 5.51. The maximum atomic E-state index is 11.9. The van der Waals surface area contributed by atoms with Gasteiger partial charge in [0, 0.05) is 6.04 Å². The molecule has 0 amide bonds. The minimum atomic E-state index is -0.522. The summed E-state index contributed by atoms with van der Waals surface area (Å²) in [6.07, 6.45) is 4.19. The quantitative estimate of drug-likeness (QED) is 0.454. The average Bonchev–Trinajstić information content (AvgIpc) is 3.06. The smallest absolute Gasteiger partial charge is 0.325 e. The molecule has 1 aromatic heterocycles. The summed E-state index contributed by atoms with van der Waals surface area (Å²) in [6, 6.07) is 4.71. The minimum absolute atomic E-state index is 0.138. The number of hydrogen-bond donors (Lipinski definition) is 1. The van der Waals surface area contributed by atoms with Crippen LogP contribution in [-0.4, -0.2) is 30.4 Å². The third-order valence-electron chi connectivity index (χ3n) is 3.30. The number of rotatable bonds is 8. The van der Waals surface area contributed by atoms with Crippen molar-refractivity contribution in [2.45, 2.75) is 48.4 Å². The Labute approximate surface area is 123 Å². The first kappa shape index (κ1) is 14.9. The van der Waals surface area contributed by atoms with Gasteiger partial charge in [0.1, 0.15) is 5.54 Å². The molecule has 1 unspecified atom stereocenters. The van der Waals surface area contributed by atoms with Crippen LogP contribution in [0, 0.1) is 0 Å². The van der Waals surface area contributed by atoms with Gasteiger partial charge in [-0.05, 0) is 49.8 Å². The van der Waals surface area contributed by atoms with Crippen LogP contribution in [0.4, 0.5) is 0 Å². The van der Waals surface area contributed by atoms with Crippen molar-refractivity contribution in [3.05, 3.63) is 17.5 Å². The molecule has 1 aliphatic carbocycles. The zero-order chi connectivity index (χ0) is 13.7. The average molecular weight is 299 g/mol. The standard InChI is InChI=1S/C14H21NO2S2/c1-14(13(16)17-2,15-11-6-7-11)8-4-10-19-12-5-3-9-18-12/h3,5,9,11,15H,4,6-8,10H2,1-2H3. The summed E-state index contributed by atoms with van der Waals surface area (Å²) in [5, 5.41) is 5.52. The van der Waals surface area contributed by atoms with Crippen LogP contribution >= 0.6 is 23.1 Å². The van der Waals surface area contributed by atoms with Gasteiger partial charge in [0.2, 0.25) is 0 Å². The van der Waals surface area contributed by atoms with Gasteiger partial charge in [0.15, 0.2) is 0 Å². The molecule has 0 spiro atoms. The van der Waals surface area contributed by atoms with E-state index in [1.54, 1.807) is 11.3 Å². The van der Waals surface area contributed by atoms with Gasteiger partial charge in [0.05, 0.1) is 11.3 Å². The molecule has 0 aliphatic heterocycles. The Balaban J connectivity index is 1.77. The number of hydrogen-bond acceptors (Lipinski definition) is 5. The summed E-state index contributed by atoms with van der Waals surface area (Å²) < 4.78 is 6.28. The van der Waals surface area contributed by atoms with Crippen LogP contribution in [0.5, 0.6) is 0 Å². The second kappa shape index (κ2) is 6.77. The van der Waals surface area contributed by atoms with Crippen molar-refractivity contribution in [3.63, 3.8) is 0 Å². The molecule has 1 atom stereocenters. The lowest BCUT2D eigenvalue weighted by Crippen LogP contribution is -2.51. The van der Waals surface area contributed by atoms with Crippen molar-refractivity contribution < 1.29 is 9.53 Å². The normalized spacial score (nSPS) is 18.0. The number of thiophene rings is 1. The number of carbonyl (C=O) groups excluding carboxylic acids is 1. The van der Waals surface area contributed by atoms with Crippen molar-refractivity contribution >= 4 is 29.1 Å². The predicted octanol–water partition coefficient (Wildman–Crippen LogP) is 3.30. The SMILES string of the molecule is COC(=O)C(C)(CCCSc1cccs1)NC1CC1. The van der Waals surface area contributed by atoms with Crippen LogP contribution in [0.25, 0.3) is 0 Å². The highest BCUT2D eigenvalue weighted by Crippen LogP contribution is 2.28. The Bertz CT molecular complexity index is 404. The van der Waals surface area contributed by atoms with Crippen LogP contribution in [0.1, 0.15) is 32.6 Å². The van der Waals surface area contributed by atoms with Gasteiger partial charge in [-0.25, -0.2) is 0 Å². The fourth-order valence-corrected chi connectivity index (χ4v) is 3.88. The van der Waals surface area contributed by atoms with Gasteiger partial charge in [-0.15, -0.1) is 23.1 Å². The van der Waals surface area contributed by atoms with Gasteiger partial charge in [-0.3, -0.25) is 10.1 Å². The highest BCUT2D eigenvalue weighted by Gasteiger charge is 2.38. The summed E-state index contributed by atoms with van der Waals surface area (Å²) in [6.45, 7) is 1.97. The molecule has 0 aromatic carbocycles. The lowest BCUT2D eigenvalue weighted by molar-refractivity contribution is -0.148. The first-order valence-electron chi connectivity index (χ1n) is 6.66. The van der Waals surface area contributed by atoms with Crippen molar-refractivity contribution in [3.8, 4) is 0 Å². The number of methoxy groups -OCH3 is 1. The van der Waals surface area contributed by atoms with Crippen LogP contribution < -0.4 is 5.32 Å². The summed E-state index contributed by atoms with van der Waals surface area (Å²) >= 11 is 3.63. The van der Waals surface area contributed by atoms with Crippen LogP contribution in [-0.2, 0) is 9.53 Å². The molecule has 1 aromatic rings. The Kier molecular flexibility index (Phi) is 5.30. The van der Waals surface area contributed by atoms with Gasteiger partial charge in [0.25, 0.3) is 0 Å². The van der Waals surface area contributed by atoms with E-state index in [4.69, 9.17) is 4.74 Å². The second-order valence-corrected chi connectivity index (χ2v) is 7.47. The Hall–Kier alpha value is -0.520. The van der Waals surface area contributed by atoms with Crippen LogP contribution in [0.15, 0.2) is 21.7 Å². The Morgan fingerprint density at radius 1 is 1.63 bits per heavy atom. The van der Waals surface area contributed by atoms with E-state index in [0.717, 1.165) is 18.6 Å². The molecule has 3 nitrogen and oxygen atoms in total. The molecular formula is C14H21NO2S2. The van der Waals surface area contributed by atoms with Gasteiger partial charge in [-0.2, -0.15) is 0 Å². The van der Waals surface area contributed by atoms with Gasteiger partial charge >= 0.3 is 5.97 Å². The molecule has 1 N–H and O–H groups in total. The molecule has 1 aliphatic rings. The van der Waals surface area contributed by atoms with Crippen molar-refractivity contribution in [2.24, 2.45) is 0 Å². The number of esters is 1. The molecule has 106 valence electrons. The molecule has 1 saturated carbocycles. The molecule has 0 radical (unpaired) electrons. The molecule has 5 heteroatoms. The van der Waals surface area contributed by atoms with E-state index in [0.29, 0.717) is 6.04 Å². The lowest BCUT2D eigenvalue weighted by Gasteiger charge is -2.28. The Morgan fingerprint density at radius 2 is 2.42 bits per heavy atom. The number of carbonyl (C=O) groups is 1. The number of nitrogens with one attached hydrogen (secondary N) is 1. The van der Waals surface area contributed by atoms with E-state index in [9.17, 15) is 4.79 Å². The number of thioether (sulfide) groups is 1. The second-order valence-electron chi connectivity index (χ2n) is 5.13. The molecule has 1 heterocycles. The van der Waals surface area contributed by atoms with Crippen molar-refractivity contribution in [2.75, 3.05) is 12.9 Å². The van der Waals surface area contributed by atoms with E-state index in [-0.39, 0.29) is 5.97 Å².